The van der Waals surface area contributed by atoms with Crippen molar-refractivity contribution in [3.8, 4) is 0 Å². The van der Waals surface area contributed by atoms with Gasteiger partial charge in [-0.25, -0.2) is 0 Å². The third-order valence-electron chi connectivity index (χ3n) is 2.22. The number of carbonyl (C=O) groups excluding carboxylic acids is 1. The van der Waals surface area contributed by atoms with Gasteiger partial charge in [0.05, 0.1) is 23.2 Å². The van der Waals surface area contributed by atoms with Gasteiger partial charge in [0.25, 0.3) is 5.91 Å². The standard InChI is InChI=1S/C11H13BrClNO2/c1-2-8(6-15)14-11(16)9-5-7(12)3-4-10(9)13/h3-5,8,15H,2,6H2,1H3,(H,14,16)/t8-/m0/s1. The minimum atomic E-state index is -0.271. The van der Waals surface area contributed by atoms with Crippen molar-refractivity contribution in [1.29, 1.82) is 0 Å². The Morgan fingerprint density at radius 1 is 1.62 bits per heavy atom. The summed E-state index contributed by atoms with van der Waals surface area (Å²) in [6, 6.07) is 4.84. The summed E-state index contributed by atoms with van der Waals surface area (Å²) in [6.07, 6.45) is 0.674. The fourth-order valence-corrected chi connectivity index (χ4v) is 1.78. The van der Waals surface area contributed by atoms with Crippen LogP contribution in [0, 0.1) is 0 Å². The second kappa shape index (κ2) is 6.23. The average Bonchev–Trinajstić information content (AvgIpc) is 2.28. The van der Waals surface area contributed by atoms with Crippen LogP contribution in [0.5, 0.6) is 0 Å². The van der Waals surface area contributed by atoms with Crippen LogP contribution in [0.3, 0.4) is 0 Å². The number of hydrogen-bond donors (Lipinski definition) is 2. The van der Waals surface area contributed by atoms with E-state index in [-0.39, 0.29) is 18.6 Å². The Bertz CT molecular complexity index is 380. The third kappa shape index (κ3) is 3.47. The van der Waals surface area contributed by atoms with Crippen molar-refractivity contribution in [2.24, 2.45) is 0 Å². The summed E-state index contributed by atoms with van der Waals surface area (Å²) in [6.45, 7) is 1.82. The molecule has 0 saturated carbocycles. The van der Waals surface area contributed by atoms with Crippen molar-refractivity contribution in [3.63, 3.8) is 0 Å². The van der Waals surface area contributed by atoms with Crippen molar-refractivity contribution in [1.82, 2.24) is 5.32 Å². The van der Waals surface area contributed by atoms with E-state index in [9.17, 15) is 4.79 Å². The Morgan fingerprint density at radius 3 is 2.88 bits per heavy atom. The van der Waals surface area contributed by atoms with Gasteiger partial charge in [-0.05, 0) is 24.6 Å². The van der Waals surface area contributed by atoms with Crippen molar-refractivity contribution in [2.75, 3.05) is 6.61 Å². The van der Waals surface area contributed by atoms with E-state index < -0.39 is 0 Å². The molecule has 0 radical (unpaired) electrons. The molecule has 0 aliphatic rings. The summed E-state index contributed by atoms with van der Waals surface area (Å²) in [4.78, 5) is 11.8. The Labute approximate surface area is 108 Å². The fraction of sp³-hybridized carbons (Fsp3) is 0.364. The highest BCUT2D eigenvalue weighted by Crippen LogP contribution is 2.20. The maximum absolute atomic E-state index is 11.8. The molecule has 16 heavy (non-hydrogen) atoms. The van der Waals surface area contributed by atoms with E-state index in [1.165, 1.54) is 0 Å². The molecule has 0 saturated heterocycles. The molecule has 0 unspecified atom stereocenters. The molecule has 1 aromatic rings. The fourth-order valence-electron chi connectivity index (χ4n) is 1.21. The van der Waals surface area contributed by atoms with Gasteiger partial charge in [-0.15, -0.1) is 0 Å². The predicted octanol–water partition coefficient (Wildman–Crippen LogP) is 2.60. The van der Waals surface area contributed by atoms with Crippen LogP contribution in [-0.2, 0) is 0 Å². The molecule has 1 rings (SSSR count). The number of amides is 1. The molecular weight excluding hydrogens is 293 g/mol. The molecular formula is C11H13BrClNO2. The van der Waals surface area contributed by atoms with Gasteiger partial charge in [0.2, 0.25) is 0 Å². The Kier molecular flexibility index (Phi) is 5.25. The number of halogens is 2. The Balaban J connectivity index is 2.83. The summed E-state index contributed by atoms with van der Waals surface area (Å²) in [5.41, 5.74) is 0.406. The van der Waals surface area contributed by atoms with E-state index in [2.05, 4.69) is 21.2 Å². The lowest BCUT2D eigenvalue weighted by Gasteiger charge is -2.14. The first-order valence-corrected chi connectivity index (χ1v) is 6.12. The molecule has 88 valence electrons. The first kappa shape index (κ1) is 13.5. The normalized spacial score (nSPS) is 12.2. The van der Waals surface area contributed by atoms with Crippen LogP contribution in [0.15, 0.2) is 22.7 Å². The number of hydrogen-bond acceptors (Lipinski definition) is 2. The number of benzene rings is 1. The smallest absolute Gasteiger partial charge is 0.253 e. The van der Waals surface area contributed by atoms with Crippen molar-refractivity contribution in [3.05, 3.63) is 33.3 Å². The van der Waals surface area contributed by atoms with Gasteiger partial charge in [-0.3, -0.25) is 4.79 Å². The quantitative estimate of drug-likeness (QED) is 0.898. The lowest BCUT2D eigenvalue weighted by molar-refractivity contribution is 0.0915. The van der Waals surface area contributed by atoms with E-state index in [4.69, 9.17) is 16.7 Å². The number of carbonyl (C=O) groups is 1. The Morgan fingerprint density at radius 2 is 2.31 bits per heavy atom. The topological polar surface area (TPSA) is 49.3 Å². The van der Waals surface area contributed by atoms with E-state index in [1.807, 2.05) is 6.92 Å². The number of aliphatic hydroxyl groups excluding tert-OH is 1. The SMILES string of the molecule is CC[C@@H](CO)NC(=O)c1cc(Br)ccc1Cl. The van der Waals surface area contributed by atoms with Crippen LogP contribution in [0.1, 0.15) is 23.7 Å². The van der Waals surface area contributed by atoms with Crippen LogP contribution in [-0.4, -0.2) is 23.7 Å². The molecule has 1 amide bonds. The zero-order chi connectivity index (χ0) is 12.1. The van der Waals surface area contributed by atoms with E-state index in [0.29, 0.717) is 17.0 Å². The lowest BCUT2D eigenvalue weighted by Crippen LogP contribution is -2.37. The lowest BCUT2D eigenvalue weighted by atomic mass is 10.2. The molecule has 1 atom stereocenters. The first-order chi connectivity index (χ1) is 7.58. The highest BCUT2D eigenvalue weighted by atomic mass is 79.9. The predicted molar refractivity (Wildman–Crippen MR) is 67.8 cm³/mol. The second-order valence-electron chi connectivity index (χ2n) is 3.39. The van der Waals surface area contributed by atoms with Crippen LogP contribution in [0.4, 0.5) is 0 Å². The molecule has 0 aromatic heterocycles. The third-order valence-corrected chi connectivity index (χ3v) is 3.04. The van der Waals surface area contributed by atoms with Gasteiger partial charge in [0.15, 0.2) is 0 Å². The van der Waals surface area contributed by atoms with Gasteiger partial charge >= 0.3 is 0 Å². The van der Waals surface area contributed by atoms with Gasteiger partial charge in [-0.1, -0.05) is 34.5 Å². The molecule has 0 aliphatic carbocycles. The molecule has 2 N–H and O–H groups in total. The van der Waals surface area contributed by atoms with E-state index in [1.54, 1.807) is 18.2 Å². The minimum absolute atomic E-state index is 0.0755. The monoisotopic (exact) mass is 305 g/mol. The molecule has 0 spiro atoms. The highest BCUT2D eigenvalue weighted by Gasteiger charge is 2.14. The molecule has 3 nitrogen and oxygen atoms in total. The maximum atomic E-state index is 11.8. The van der Waals surface area contributed by atoms with Gasteiger partial charge < -0.3 is 10.4 Å². The first-order valence-electron chi connectivity index (χ1n) is 4.95. The van der Waals surface area contributed by atoms with Gasteiger partial charge in [0, 0.05) is 4.47 Å². The molecule has 5 heteroatoms. The molecule has 0 aliphatic heterocycles. The zero-order valence-electron chi connectivity index (χ0n) is 8.84. The van der Waals surface area contributed by atoms with Crippen molar-refractivity contribution < 1.29 is 9.90 Å². The summed E-state index contributed by atoms with van der Waals surface area (Å²) in [5.74, 6) is -0.271. The average molecular weight is 307 g/mol. The Hall–Kier alpha value is -0.580. The maximum Gasteiger partial charge on any atom is 0.253 e. The summed E-state index contributed by atoms with van der Waals surface area (Å²) < 4.78 is 0.791. The summed E-state index contributed by atoms with van der Waals surface area (Å²) >= 11 is 9.19. The van der Waals surface area contributed by atoms with Crippen molar-refractivity contribution >= 4 is 33.4 Å². The highest BCUT2D eigenvalue weighted by molar-refractivity contribution is 9.10. The molecule has 0 heterocycles. The van der Waals surface area contributed by atoms with E-state index >= 15 is 0 Å². The number of nitrogens with one attached hydrogen (secondary N) is 1. The second-order valence-corrected chi connectivity index (χ2v) is 4.71. The van der Waals surface area contributed by atoms with Crippen LogP contribution >= 0.6 is 27.5 Å². The van der Waals surface area contributed by atoms with E-state index in [0.717, 1.165) is 4.47 Å². The van der Waals surface area contributed by atoms with Crippen LogP contribution in [0.2, 0.25) is 5.02 Å². The zero-order valence-corrected chi connectivity index (χ0v) is 11.2. The molecule has 1 aromatic carbocycles. The van der Waals surface area contributed by atoms with Gasteiger partial charge in [0.1, 0.15) is 0 Å². The van der Waals surface area contributed by atoms with Gasteiger partial charge in [-0.2, -0.15) is 0 Å². The molecule has 0 bridgehead atoms. The summed E-state index contributed by atoms with van der Waals surface area (Å²) in [5, 5.41) is 12.1. The summed E-state index contributed by atoms with van der Waals surface area (Å²) in [7, 11) is 0. The largest absolute Gasteiger partial charge is 0.394 e. The van der Waals surface area contributed by atoms with Crippen LogP contribution < -0.4 is 5.32 Å². The molecule has 0 fully saturated rings. The van der Waals surface area contributed by atoms with Crippen molar-refractivity contribution in [2.45, 2.75) is 19.4 Å². The number of aliphatic hydroxyl groups is 1. The minimum Gasteiger partial charge on any atom is -0.394 e. The number of rotatable bonds is 4. The van der Waals surface area contributed by atoms with Crippen LogP contribution in [0.25, 0.3) is 0 Å².